The monoisotopic (exact) mass is 268 g/mol. The first-order valence-corrected chi connectivity index (χ1v) is 6.11. The van der Waals surface area contributed by atoms with Gasteiger partial charge in [-0.05, 0) is 33.8 Å². The predicted molar refractivity (Wildman–Crippen MR) is 63.6 cm³/mol. The van der Waals surface area contributed by atoms with Gasteiger partial charge < -0.3 is 0 Å². The first-order chi connectivity index (χ1) is 6.81. The Morgan fingerprint density at radius 3 is 3.07 bits per heavy atom. The highest BCUT2D eigenvalue weighted by Gasteiger charge is 2.02. The van der Waals surface area contributed by atoms with Crippen LogP contribution < -0.4 is 0 Å². The molecule has 0 atom stereocenters. The highest BCUT2D eigenvalue weighted by atomic mass is 79.9. The number of rotatable bonds is 2. The van der Waals surface area contributed by atoms with Crippen molar-refractivity contribution in [2.24, 2.45) is 0 Å². The number of halogens is 1. The second-order valence-electron chi connectivity index (χ2n) is 2.80. The van der Waals surface area contributed by atoms with Crippen LogP contribution in [0, 0.1) is 0 Å². The maximum atomic E-state index is 4.19. The van der Waals surface area contributed by atoms with Gasteiger partial charge in [-0.3, -0.25) is 0 Å². The van der Waals surface area contributed by atoms with Crippen molar-refractivity contribution < 1.29 is 0 Å². The molecule has 1 aromatic carbocycles. The van der Waals surface area contributed by atoms with Crippen LogP contribution in [0.25, 0.3) is 10.9 Å². The lowest BCUT2D eigenvalue weighted by atomic mass is 10.2. The molecule has 4 heteroatoms. The third kappa shape index (κ3) is 1.91. The van der Waals surface area contributed by atoms with Crippen molar-refractivity contribution in [3.63, 3.8) is 0 Å². The third-order valence-corrected chi connectivity index (χ3v) is 3.71. The largest absolute Gasteiger partial charge is 0.244 e. The molecule has 0 saturated carbocycles. The Morgan fingerprint density at radius 2 is 2.29 bits per heavy atom. The van der Waals surface area contributed by atoms with Crippen LogP contribution in [0.1, 0.15) is 6.92 Å². The quantitative estimate of drug-likeness (QED) is 0.780. The van der Waals surface area contributed by atoms with Gasteiger partial charge in [-0.25, -0.2) is 9.97 Å². The molecule has 0 aliphatic carbocycles. The average Bonchev–Trinajstić information content (AvgIpc) is 2.19. The number of benzene rings is 1. The van der Waals surface area contributed by atoms with E-state index in [0.717, 1.165) is 21.1 Å². The number of hydrogen-bond acceptors (Lipinski definition) is 3. The molecule has 0 unspecified atom stereocenters. The molecule has 0 saturated heterocycles. The average molecular weight is 269 g/mol. The van der Waals surface area contributed by atoms with Crippen molar-refractivity contribution in [2.45, 2.75) is 11.8 Å². The molecule has 0 aliphatic heterocycles. The van der Waals surface area contributed by atoms with Crippen LogP contribution in [0.15, 0.2) is 34.0 Å². The highest BCUT2D eigenvalue weighted by molar-refractivity contribution is 9.10. The fraction of sp³-hybridized carbons (Fsp3) is 0.200. The fourth-order valence-corrected chi connectivity index (χ4v) is 2.64. The molecule has 2 aromatic rings. The zero-order chi connectivity index (χ0) is 9.97. The molecule has 1 heterocycles. The minimum atomic E-state index is 0.979. The van der Waals surface area contributed by atoms with Gasteiger partial charge in [-0.15, -0.1) is 11.8 Å². The van der Waals surface area contributed by atoms with Crippen molar-refractivity contribution in [3.8, 4) is 0 Å². The number of aromatic nitrogens is 2. The van der Waals surface area contributed by atoms with Gasteiger partial charge in [0.2, 0.25) is 0 Å². The van der Waals surface area contributed by atoms with Gasteiger partial charge in [0.25, 0.3) is 0 Å². The lowest BCUT2D eigenvalue weighted by molar-refractivity contribution is 1.21. The molecule has 2 rings (SSSR count). The topological polar surface area (TPSA) is 25.8 Å². The Kier molecular flexibility index (Phi) is 3.03. The second kappa shape index (κ2) is 4.28. The molecule has 1 aromatic heterocycles. The summed E-state index contributed by atoms with van der Waals surface area (Å²) in [7, 11) is 0. The van der Waals surface area contributed by atoms with Crippen molar-refractivity contribution in [1.29, 1.82) is 0 Å². The fourth-order valence-electron chi connectivity index (χ4n) is 1.25. The molecule has 0 amide bonds. The zero-order valence-corrected chi connectivity index (χ0v) is 10.1. The zero-order valence-electron chi connectivity index (χ0n) is 7.70. The molecular weight excluding hydrogens is 260 g/mol. The van der Waals surface area contributed by atoms with E-state index in [2.05, 4.69) is 38.9 Å². The predicted octanol–water partition coefficient (Wildman–Crippen LogP) is 3.50. The normalized spacial score (nSPS) is 10.7. The second-order valence-corrected chi connectivity index (χ2v) is 4.96. The molecule has 0 spiro atoms. The van der Waals surface area contributed by atoms with Crippen LogP contribution >= 0.6 is 27.7 Å². The smallest absolute Gasteiger partial charge is 0.116 e. The lowest BCUT2D eigenvalue weighted by Gasteiger charge is -2.03. The van der Waals surface area contributed by atoms with E-state index in [-0.39, 0.29) is 0 Å². The van der Waals surface area contributed by atoms with Gasteiger partial charge >= 0.3 is 0 Å². The Morgan fingerprint density at radius 1 is 1.43 bits per heavy atom. The van der Waals surface area contributed by atoms with E-state index >= 15 is 0 Å². The molecule has 0 fully saturated rings. The summed E-state index contributed by atoms with van der Waals surface area (Å²) in [5, 5.41) is 1.09. The van der Waals surface area contributed by atoms with Crippen molar-refractivity contribution >= 4 is 38.6 Å². The lowest BCUT2D eigenvalue weighted by Crippen LogP contribution is -1.83. The van der Waals surface area contributed by atoms with Gasteiger partial charge in [-0.1, -0.05) is 6.92 Å². The SMILES string of the molecule is CCSc1cc2cncnc2cc1Br. The summed E-state index contributed by atoms with van der Waals surface area (Å²) in [5.41, 5.74) is 0.979. The van der Waals surface area contributed by atoms with E-state index < -0.39 is 0 Å². The molecular formula is C10H9BrN2S. The Bertz CT molecular complexity index is 459. The number of nitrogens with zero attached hydrogens (tertiary/aromatic N) is 2. The summed E-state index contributed by atoms with van der Waals surface area (Å²) in [5.74, 6) is 1.07. The van der Waals surface area contributed by atoms with Crippen LogP contribution in [-0.4, -0.2) is 15.7 Å². The van der Waals surface area contributed by atoms with Crippen molar-refractivity contribution in [3.05, 3.63) is 29.1 Å². The van der Waals surface area contributed by atoms with Crippen molar-refractivity contribution in [2.75, 3.05) is 5.75 Å². The molecule has 0 aliphatic rings. The summed E-state index contributed by atoms with van der Waals surface area (Å²) >= 11 is 5.35. The Balaban J connectivity index is 2.59. The highest BCUT2D eigenvalue weighted by Crippen LogP contribution is 2.30. The Labute approximate surface area is 95.3 Å². The molecule has 0 N–H and O–H groups in total. The van der Waals surface area contributed by atoms with Gasteiger partial charge in [0.15, 0.2) is 0 Å². The third-order valence-electron chi connectivity index (χ3n) is 1.86. The Hall–Kier alpha value is -0.610. The first kappa shape index (κ1) is 9.93. The maximum absolute atomic E-state index is 4.19. The number of hydrogen-bond donors (Lipinski definition) is 0. The van der Waals surface area contributed by atoms with E-state index in [1.807, 2.05) is 24.0 Å². The van der Waals surface area contributed by atoms with Gasteiger partial charge in [0.1, 0.15) is 6.33 Å². The first-order valence-electron chi connectivity index (χ1n) is 4.33. The molecule has 14 heavy (non-hydrogen) atoms. The summed E-state index contributed by atoms with van der Waals surface area (Å²) < 4.78 is 1.11. The maximum Gasteiger partial charge on any atom is 0.116 e. The van der Waals surface area contributed by atoms with E-state index in [0.29, 0.717) is 0 Å². The molecule has 0 radical (unpaired) electrons. The van der Waals surface area contributed by atoms with E-state index in [1.165, 1.54) is 4.90 Å². The summed E-state index contributed by atoms with van der Waals surface area (Å²) in [6.07, 6.45) is 3.41. The summed E-state index contributed by atoms with van der Waals surface area (Å²) in [6.45, 7) is 2.14. The van der Waals surface area contributed by atoms with Crippen LogP contribution in [0.2, 0.25) is 0 Å². The van der Waals surface area contributed by atoms with Gasteiger partial charge in [0.05, 0.1) is 5.52 Å². The minimum Gasteiger partial charge on any atom is -0.244 e. The van der Waals surface area contributed by atoms with Gasteiger partial charge in [-0.2, -0.15) is 0 Å². The van der Waals surface area contributed by atoms with Gasteiger partial charge in [0, 0.05) is 21.0 Å². The molecule has 0 bridgehead atoms. The van der Waals surface area contributed by atoms with Crippen LogP contribution in [0.3, 0.4) is 0 Å². The van der Waals surface area contributed by atoms with E-state index in [1.54, 1.807) is 6.33 Å². The van der Waals surface area contributed by atoms with Crippen LogP contribution in [-0.2, 0) is 0 Å². The molecule has 72 valence electrons. The standard InChI is InChI=1S/C10H9BrN2S/c1-2-14-10-3-7-5-12-6-13-9(7)4-8(10)11/h3-6H,2H2,1H3. The van der Waals surface area contributed by atoms with Crippen LogP contribution in [0.5, 0.6) is 0 Å². The number of thioether (sulfide) groups is 1. The molecule has 2 nitrogen and oxygen atoms in total. The van der Waals surface area contributed by atoms with E-state index in [4.69, 9.17) is 0 Å². The number of fused-ring (bicyclic) bond motifs is 1. The summed E-state index contributed by atoms with van der Waals surface area (Å²) in [4.78, 5) is 9.45. The summed E-state index contributed by atoms with van der Waals surface area (Å²) in [6, 6.07) is 4.16. The van der Waals surface area contributed by atoms with Crippen LogP contribution in [0.4, 0.5) is 0 Å². The van der Waals surface area contributed by atoms with E-state index in [9.17, 15) is 0 Å². The minimum absolute atomic E-state index is 0.979. The van der Waals surface area contributed by atoms with Crippen molar-refractivity contribution in [1.82, 2.24) is 9.97 Å².